The lowest BCUT2D eigenvalue weighted by atomic mass is 10.0. The summed E-state index contributed by atoms with van der Waals surface area (Å²) >= 11 is 8.63. The van der Waals surface area contributed by atoms with E-state index in [-0.39, 0.29) is 0 Å². The minimum Gasteiger partial charge on any atom is -0.480 e. The van der Waals surface area contributed by atoms with Crippen LogP contribution in [0.2, 0.25) is 5.02 Å². The average Bonchev–Trinajstić information content (AvgIpc) is 2.89. The molecule has 0 bridgehead atoms. The average molecular weight is 351 g/mol. The molecule has 0 saturated heterocycles. The SMILES string of the molecule is CC(Sc1nc2cc(Cl)ccc2s1)(C(=O)O)c1cccnc1. The van der Waals surface area contributed by atoms with Crippen molar-refractivity contribution in [3.8, 4) is 0 Å². The molecule has 0 saturated carbocycles. The molecule has 1 atom stereocenters. The number of nitrogens with zero attached hydrogens (tertiary/aromatic N) is 2. The van der Waals surface area contributed by atoms with Crippen LogP contribution in [-0.2, 0) is 9.54 Å². The van der Waals surface area contributed by atoms with E-state index in [2.05, 4.69) is 9.97 Å². The number of thiazole rings is 1. The maximum atomic E-state index is 11.8. The first-order chi connectivity index (χ1) is 10.5. The van der Waals surface area contributed by atoms with Gasteiger partial charge < -0.3 is 5.11 Å². The van der Waals surface area contributed by atoms with Crippen molar-refractivity contribution in [2.45, 2.75) is 16.0 Å². The summed E-state index contributed by atoms with van der Waals surface area (Å²) in [5, 5.41) is 10.3. The first-order valence-electron chi connectivity index (χ1n) is 6.38. The van der Waals surface area contributed by atoms with Gasteiger partial charge in [-0.2, -0.15) is 0 Å². The number of halogens is 1. The van der Waals surface area contributed by atoms with Crippen molar-refractivity contribution in [3.63, 3.8) is 0 Å². The molecule has 112 valence electrons. The number of hydrogen-bond donors (Lipinski definition) is 1. The molecule has 0 aliphatic heterocycles. The van der Waals surface area contributed by atoms with Crippen molar-refractivity contribution in [1.29, 1.82) is 0 Å². The third kappa shape index (κ3) is 2.82. The van der Waals surface area contributed by atoms with Crippen LogP contribution < -0.4 is 0 Å². The van der Waals surface area contributed by atoms with E-state index in [1.54, 1.807) is 43.6 Å². The van der Waals surface area contributed by atoms with Crippen molar-refractivity contribution in [2.75, 3.05) is 0 Å². The Labute approximate surface area is 140 Å². The number of aliphatic carboxylic acids is 1. The van der Waals surface area contributed by atoms with Gasteiger partial charge >= 0.3 is 5.97 Å². The largest absolute Gasteiger partial charge is 0.480 e. The summed E-state index contributed by atoms with van der Waals surface area (Å²) in [4.78, 5) is 20.3. The van der Waals surface area contributed by atoms with Crippen molar-refractivity contribution >= 4 is 50.9 Å². The molecule has 2 heterocycles. The third-order valence-corrected chi connectivity index (χ3v) is 5.89. The lowest BCUT2D eigenvalue weighted by Crippen LogP contribution is -2.28. The molecule has 2 aromatic heterocycles. The van der Waals surface area contributed by atoms with E-state index in [1.807, 2.05) is 6.07 Å². The second kappa shape index (κ2) is 5.87. The van der Waals surface area contributed by atoms with E-state index in [1.165, 1.54) is 23.1 Å². The topological polar surface area (TPSA) is 63.1 Å². The third-order valence-electron chi connectivity index (χ3n) is 3.24. The van der Waals surface area contributed by atoms with Gasteiger partial charge in [0.1, 0.15) is 4.75 Å². The van der Waals surface area contributed by atoms with Gasteiger partial charge in [0.05, 0.1) is 10.2 Å². The van der Waals surface area contributed by atoms with Gasteiger partial charge in [-0.15, -0.1) is 11.3 Å². The van der Waals surface area contributed by atoms with Crippen molar-refractivity contribution in [3.05, 3.63) is 53.3 Å². The molecule has 22 heavy (non-hydrogen) atoms. The van der Waals surface area contributed by atoms with E-state index in [4.69, 9.17) is 11.6 Å². The lowest BCUT2D eigenvalue weighted by molar-refractivity contribution is -0.139. The molecule has 3 aromatic rings. The van der Waals surface area contributed by atoms with Crippen LogP contribution in [0, 0.1) is 0 Å². The molecule has 0 amide bonds. The standard InChI is InChI=1S/C15H11ClN2O2S2/c1-15(13(19)20,9-3-2-6-17-8-9)22-14-18-11-7-10(16)4-5-12(11)21-14/h2-8H,1H3,(H,19,20). The minimum atomic E-state index is -1.15. The molecule has 1 unspecified atom stereocenters. The Kier molecular flexibility index (Phi) is 4.08. The highest BCUT2D eigenvalue weighted by atomic mass is 35.5. The Morgan fingerprint density at radius 2 is 2.23 bits per heavy atom. The molecule has 0 aliphatic carbocycles. The summed E-state index contributed by atoms with van der Waals surface area (Å²) < 4.78 is 0.517. The molecule has 7 heteroatoms. The van der Waals surface area contributed by atoms with E-state index >= 15 is 0 Å². The van der Waals surface area contributed by atoms with Crippen LogP contribution in [0.25, 0.3) is 10.2 Å². The van der Waals surface area contributed by atoms with Gasteiger partial charge in [-0.3, -0.25) is 9.78 Å². The van der Waals surface area contributed by atoms with Crippen LogP contribution in [0.15, 0.2) is 47.1 Å². The number of hydrogen-bond acceptors (Lipinski definition) is 5. The van der Waals surface area contributed by atoms with Crippen LogP contribution in [-0.4, -0.2) is 21.0 Å². The molecule has 1 aromatic carbocycles. The van der Waals surface area contributed by atoms with Gasteiger partial charge in [-0.05, 0) is 36.8 Å². The summed E-state index contributed by atoms with van der Waals surface area (Å²) in [6.07, 6.45) is 3.20. The molecule has 1 N–H and O–H groups in total. The number of aromatic nitrogens is 2. The molecule has 0 radical (unpaired) electrons. The zero-order valence-electron chi connectivity index (χ0n) is 11.5. The molecule has 0 fully saturated rings. The Morgan fingerprint density at radius 3 is 2.91 bits per heavy atom. The highest BCUT2D eigenvalue weighted by Gasteiger charge is 2.38. The van der Waals surface area contributed by atoms with Gasteiger partial charge in [-0.1, -0.05) is 29.4 Å². The van der Waals surface area contributed by atoms with E-state index in [0.29, 0.717) is 14.9 Å². The predicted molar refractivity (Wildman–Crippen MR) is 89.7 cm³/mol. The quantitative estimate of drug-likeness (QED) is 0.705. The fraction of sp³-hybridized carbons (Fsp3) is 0.133. The summed E-state index contributed by atoms with van der Waals surface area (Å²) in [6.45, 7) is 1.66. The van der Waals surface area contributed by atoms with Crippen LogP contribution in [0.5, 0.6) is 0 Å². The maximum absolute atomic E-state index is 11.8. The van der Waals surface area contributed by atoms with Crippen LogP contribution in [0.1, 0.15) is 12.5 Å². The molecule has 0 aliphatic rings. The summed E-state index contributed by atoms with van der Waals surface area (Å²) in [5.41, 5.74) is 1.41. The highest BCUT2D eigenvalue weighted by molar-refractivity contribution is 8.02. The first kappa shape index (κ1) is 15.3. The maximum Gasteiger partial charge on any atom is 0.324 e. The number of carboxylic acids is 1. The Bertz CT molecular complexity index is 838. The van der Waals surface area contributed by atoms with Crippen molar-refractivity contribution < 1.29 is 9.90 Å². The van der Waals surface area contributed by atoms with E-state index in [0.717, 1.165) is 10.2 Å². The minimum absolute atomic E-state index is 0.614. The van der Waals surface area contributed by atoms with Crippen molar-refractivity contribution in [1.82, 2.24) is 9.97 Å². The van der Waals surface area contributed by atoms with Gasteiger partial charge in [-0.25, -0.2) is 4.98 Å². The van der Waals surface area contributed by atoms with E-state index in [9.17, 15) is 9.90 Å². The van der Waals surface area contributed by atoms with E-state index < -0.39 is 10.7 Å². The monoisotopic (exact) mass is 350 g/mol. The second-order valence-electron chi connectivity index (χ2n) is 4.77. The predicted octanol–water partition coefficient (Wildman–Crippen LogP) is 4.44. The summed E-state index contributed by atoms with van der Waals surface area (Å²) in [6, 6.07) is 8.96. The first-order valence-corrected chi connectivity index (χ1v) is 8.39. The lowest BCUT2D eigenvalue weighted by Gasteiger charge is -2.22. The zero-order valence-corrected chi connectivity index (χ0v) is 13.9. The number of benzene rings is 1. The summed E-state index contributed by atoms with van der Waals surface area (Å²) in [5.74, 6) is -0.928. The zero-order chi connectivity index (χ0) is 15.7. The Hall–Kier alpha value is -1.63. The van der Waals surface area contributed by atoms with Gasteiger partial charge in [0.2, 0.25) is 0 Å². The van der Waals surface area contributed by atoms with Crippen LogP contribution >= 0.6 is 34.7 Å². The number of carbonyl (C=O) groups is 1. The van der Waals surface area contributed by atoms with Gasteiger partial charge in [0, 0.05) is 17.4 Å². The fourth-order valence-corrected chi connectivity index (χ4v) is 4.57. The normalized spacial score (nSPS) is 13.9. The number of rotatable bonds is 4. The Morgan fingerprint density at radius 1 is 1.41 bits per heavy atom. The fourth-order valence-electron chi connectivity index (χ4n) is 1.97. The molecule has 3 rings (SSSR count). The van der Waals surface area contributed by atoms with Crippen LogP contribution in [0.3, 0.4) is 0 Å². The number of fused-ring (bicyclic) bond motifs is 1. The number of carboxylic acid groups (broad SMARTS) is 1. The summed E-state index contributed by atoms with van der Waals surface area (Å²) in [7, 11) is 0. The number of pyridine rings is 1. The molecule has 0 spiro atoms. The van der Waals surface area contributed by atoms with Crippen molar-refractivity contribution in [2.24, 2.45) is 0 Å². The van der Waals surface area contributed by atoms with Crippen LogP contribution in [0.4, 0.5) is 0 Å². The molecule has 4 nitrogen and oxygen atoms in total. The highest BCUT2D eigenvalue weighted by Crippen LogP contribution is 2.44. The van der Waals surface area contributed by atoms with Gasteiger partial charge in [0.25, 0.3) is 0 Å². The molecular weight excluding hydrogens is 340 g/mol. The van der Waals surface area contributed by atoms with Gasteiger partial charge in [0.15, 0.2) is 4.34 Å². The Balaban J connectivity index is 2.01. The molecular formula is C15H11ClN2O2S2. The second-order valence-corrected chi connectivity index (χ2v) is 7.91. The smallest absolute Gasteiger partial charge is 0.324 e. The number of thioether (sulfide) groups is 1.